The van der Waals surface area contributed by atoms with Crippen molar-refractivity contribution in [1.82, 2.24) is 35.1 Å². The minimum Gasteiger partial charge on any atom is -0.456 e. The van der Waals surface area contributed by atoms with E-state index in [0.29, 0.717) is 6.54 Å². The normalized spacial score (nSPS) is 18.4. The predicted molar refractivity (Wildman–Crippen MR) is 193 cm³/mol. The highest BCUT2D eigenvalue weighted by Crippen LogP contribution is 2.44. The number of nitrogens with zero attached hydrogens (tertiary/aromatic N) is 4. The molecule has 12 heteroatoms. The molecule has 0 saturated carbocycles. The van der Waals surface area contributed by atoms with E-state index in [1.165, 1.54) is 7.11 Å². The first-order valence-electron chi connectivity index (χ1n) is 17.7. The number of furan rings is 2. The smallest absolute Gasteiger partial charge is 0.407 e. The largest absolute Gasteiger partial charge is 0.456 e. The van der Waals surface area contributed by atoms with Gasteiger partial charge in [-0.1, -0.05) is 50.2 Å². The van der Waals surface area contributed by atoms with E-state index in [-0.39, 0.29) is 29.8 Å². The Kier molecular flexibility index (Phi) is 8.24. The number of hydrogen-bond donors (Lipinski definition) is 3. The molecule has 2 saturated heterocycles. The van der Waals surface area contributed by atoms with Gasteiger partial charge in [0, 0.05) is 35.3 Å². The van der Waals surface area contributed by atoms with Crippen molar-refractivity contribution in [3.05, 3.63) is 72.6 Å². The average molecular weight is 688 g/mol. The molecule has 0 radical (unpaired) electrons. The molecule has 2 aliphatic rings. The van der Waals surface area contributed by atoms with E-state index in [1.807, 2.05) is 37.1 Å². The van der Waals surface area contributed by atoms with Crippen molar-refractivity contribution in [2.75, 3.05) is 20.2 Å². The number of aromatic amines is 2. The number of aromatic nitrogens is 4. The lowest BCUT2D eigenvalue weighted by Crippen LogP contribution is -2.46. The maximum atomic E-state index is 13.1. The fourth-order valence-electron chi connectivity index (χ4n) is 7.82. The number of likely N-dealkylation sites (tertiary alicyclic amines) is 2. The van der Waals surface area contributed by atoms with Gasteiger partial charge < -0.3 is 34.2 Å². The van der Waals surface area contributed by atoms with Crippen molar-refractivity contribution >= 4 is 39.8 Å². The number of H-pyrrole nitrogens is 2. The van der Waals surface area contributed by atoms with Crippen LogP contribution in [0.25, 0.3) is 55.6 Å². The first kappa shape index (κ1) is 32.5. The van der Waals surface area contributed by atoms with Gasteiger partial charge >= 0.3 is 6.09 Å². The van der Waals surface area contributed by atoms with Gasteiger partial charge in [0.25, 0.3) is 0 Å². The summed E-state index contributed by atoms with van der Waals surface area (Å²) < 4.78 is 10.9. The van der Waals surface area contributed by atoms with Gasteiger partial charge in [-0.3, -0.25) is 9.59 Å². The molecule has 3 atom stereocenters. The predicted octanol–water partition coefficient (Wildman–Crippen LogP) is 7.20. The number of benzene rings is 3. The minimum absolute atomic E-state index is 0.0429. The van der Waals surface area contributed by atoms with E-state index in [9.17, 15) is 14.4 Å². The third-order valence-electron chi connectivity index (χ3n) is 10.4. The van der Waals surface area contributed by atoms with Crippen molar-refractivity contribution in [1.29, 1.82) is 0 Å². The molecule has 3 amide bonds. The zero-order valence-corrected chi connectivity index (χ0v) is 29.2. The lowest BCUT2D eigenvalue weighted by Gasteiger charge is -2.26. The summed E-state index contributed by atoms with van der Waals surface area (Å²) in [4.78, 5) is 57.9. The van der Waals surface area contributed by atoms with Crippen LogP contribution in [0.1, 0.15) is 70.2 Å². The third-order valence-corrected chi connectivity index (χ3v) is 10.4. The minimum atomic E-state index is -0.704. The lowest BCUT2D eigenvalue weighted by atomic mass is 9.93. The van der Waals surface area contributed by atoms with Crippen LogP contribution in [0, 0.1) is 5.92 Å². The molecule has 6 aromatic rings. The molecule has 2 aromatic carbocycles. The molecule has 3 unspecified atom stereocenters. The van der Waals surface area contributed by atoms with Crippen LogP contribution < -0.4 is 5.32 Å². The molecule has 51 heavy (non-hydrogen) atoms. The quantitative estimate of drug-likeness (QED) is 0.153. The second kappa shape index (κ2) is 12.9. The molecule has 4 aromatic heterocycles. The van der Waals surface area contributed by atoms with Gasteiger partial charge in [0.15, 0.2) is 0 Å². The lowest BCUT2D eigenvalue weighted by molar-refractivity contribution is -0.135. The number of alkyl carbamates (subject to hydrolysis) is 1. The van der Waals surface area contributed by atoms with Gasteiger partial charge in [0.2, 0.25) is 11.8 Å². The zero-order chi connectivity index (χ0) is 35.4. The second-order valence-electron chi connectivity index (χ2n) is 13.9. The highest BCUT2D eigenvalue weighted by molar-refractivity contribution is 6.19. The van der Waals surface area contributed by atoms with E-state index in [0.717, 1.165) is 99.5 Å². The Morgan fingerprint density at radius 3 is 1.94 bits per heavy atom. The molecule has 262 valence electrons. The summed E-state index contributed by atoms with van der Waals surface area (Å²) >= 11 is 0. The monoisotopic (exact) mass is 687 g/mol. The summed E-state index contributed by atoms with van der Waals surface area (Å²) in [5.41, 5.74) is 7.52. The number of methoxy groups -OCH3 is 1. The van der Waals surface area contributed by atoms with Crippen LogP contribution in [0.4, 0.5) is 4.79 Å². The molecule has 8 rings (SSSR count). The Bertz CT molecular complexity index is 2230. The Balaban J connectivity index is 1.04. The molecular weight excluding hydrogens is 646 g/mol. The molecule has 2 aliphatic heterocycles. The molecule has 2 fully saturated rings. The number of nitrogens with one attached hydrogen (secondary N) is 3. The Morgan fingerprint density at radius 1 is 0.765 bits per heavy atom. The number of hydrogen-bond acceptors (Lipinski definition) is 7. The summed E-state index contributed by atoms with van der Waals surface area (Å²) in [6.07, 6.45) is 6.55. The van der Waals surface area contributed by atoms with E-state index >= 15 is 0 Å². The SMILES string of the molecule is COC(=O)NC(C)C(=O)N1CCCC1c1ncc(-c2ccc(-c3ccc(-c4cnc(C5CCCN5C(=O)C(C)C)[nH]4)c4c5ccc(o5)c34)cc2)[nH]1. The van der Waals surface area contributed by atoms with Crippen molar-refractivity contribution in [2.45, 2.75) is 64.6 Å². The first-order chi connectivity index (χ1) is 24.7. The maximum Gasteiger partial charge on any atom is 0.407 e. The van der Waals surface area contributed by atoms with Crippen LogP contribution in [0.5, 0.6) is 0 Å². The molecule has 0 spiro atoms. The van der Waals surface area contributed by atoms with Crippen LogP contribution in [0.2, 0.25) is 0 Å². The summed E-state index contributed by atoms with van der Waals surface area (Å²) in [6, 6.07) is 15.7. The van der Waals surface area contributed by atoms with Crippen LogP contribution in [0.15, 0.2) is 65.3 Å². The topological polar surface area (TPSA) is 149 Å². The van der Waals surface area contributed by atoms with Gasteiger partial charge in [0.05, 0.1) is 43.0 Å². The van der Waals surface area contributed by atoms with Gasteiger partial charge in [0.1, 0.15) is 28.9 Å². The van der Waals surface area contributed by atoms with Crippen molar-refractivity contribution in [3.8, 4) is 33.6 Å². The number of ether oxygens (including phenoxy) is 1. The number of carbonyl (C=O) groups is 3. The third kappa shape index (κ3) is 5.68. The zero-order valence-electron chi connectivity index (χ0n) is 29.2. The summed E-state index contributed by atoms with van der Waals surface area (Å²) in [7, 11) is 1.28. The van der Waals surface area contributed by atoms with Crippen LogP contribution >= 0.6 is 0 Å². The van der Waals surface area contributed by atoms with E-state index in [1.54, 1.807) is 18.0 Å². The molecule has 6 heterocycles. The molecule has 0 aliphatic carbocycles. The average Bonchev–Trinajstić information content (AvgIpc) is 4.00. The van der Waals surface area contributed by atoms with Gasteiger partial charge in [-0.25, -0.2) is 14.8 Å². The van der Waals surface area contributed by atoms with Gasteiger partial charge in [-0.2, -0.15) is 0 Å². The number of carbonyl (C=O) groups excluding carboxylic acids is 3. The van der Waals surface area contributed by atoms with Crippen molar-refractivity contribution in [2.24, 2.45) is 5.92 Å². The summed E-state index contributed by atoms with van der Waals surface area (Å²) in [6.45, 7) is 6.91. The first-order valence-corrected chi connectivity index (χ1v) is 17.7. The van der Waals surface area contributed by atoms with Crippen LogP contribution in [0.3, 0.4) is 0 Å². The van der Waals surface area contributed by atoms with E-state index in [2.05, 4.69) is 61.4 Å². The standard InChI is InChI=1S/C39H41N7O5/c1-21(2)37(47)45-17-5-7-29(45)36-41-20-28(44-36)26-14-13-25(33-31-15-16-32(51-31)34(26)33)23-9-11-24(12-10-23)27-19-40-35(43-27)30-8-6-18-46(30)38(48)22(3)42-39(49)50-4/h9-16,19-22,29-30H,5-8,17-18H2,1-4H3,(H,40,43)(H,41,44)(H,42,49). The maximum absolute atomic E-state index is 13.1. The van der Waals surface area contributed by atoms with Gasteiger partial charge in [-0.05, 0) is 61.4 Å². The summed E-state index contributed by atoms with van der Waals surface area (Å²) in [5, 5.41) is 4.66. The second-order valence-corrected chi connectivity index (χ2v) is 13.9. The summed E-state index contributed by atoms with van der Waals surface area (Å²) in [5.74, 6) is 1.49. The Hall–Kier alpha value is -5.65. The Labute approximate surface area is 294 Å². The molecule has 2 bridgehead atoms. The number of imidazole rings is 2. The van der Waals surface area contributed by atoms with Gasteiger partial charge in [-0.15, -0.1) is 0 Å². The van der Waals surface area contributed by atoms with Crippen LogP contribution in [-0.4, -0.2) is 73.9 Å². The molecule has 12 nitrogen and oxygen atoms in total. The number of rotatable bonds is 8. The number of amides is 3. The Morgan fingerprint density at radius 2 is 1.31 bits per heavy atom. The van der Waals surface area contributed by atoms with Crippen molar-refractivity contribution < 1.29 is 23.5 Å². The highest BCUT2D eigenvalue weighted by atomic mass is 16.5. The van der Waals surface area contributed by atoms with Crippen molar-refractivity contribution in [3.63, 3.8) is 0 Å². The molecular formula is C39H41N7O5. The fraction of sp³-hybridized carbons (Fsp3) is 0.359. The van der Waals surface area contributed by atoms with E-state index < -0.39 is 12.1 Å². The molecule has 3 N–H and O–H groups in total. The fourth-order valence-corrected chi connectivity index (χ4v) is 7.82. The number of fused-ring (bicyclic) bond motifs is 5. The van der Waals surface area contributed by atoms with E-state index in [4.69, 9.17) is 9.40 Å². The highest BCUT2D eigenvalue weighted by Gasteiger charge is 2.35. The van der Waals surface area contributed by atoms with Crippen LogP contribution in [-0.2, 0) is 14.3 Å².